The van der Waals surface area contributed by atoms with E-state index in [1.54, 1.807) is 35.7 Å². The zero-order valence-corrected chi connectivity index (χ0v) is 15.5. The molecule has 1 atom stereocenters. The van der Waals surface area contributed by atoms with Crippen LogP contribution in [0.15, 0.2) is 39.9 Å². The van der Waals surface area contributed by atoms with Crippen LogP contribution in [0.5, 0.6) is 11.5 Å². The molecular formula is C16H16ClNO5S2. The van der Waals surface area contributed by atoms with Gasteiger partial charge in [-0.05, 0) is 29.1 Å². The van der Waals surface area contributed by atoms with Crippen molar-refractivity contribution in [1.29, 1.82) is 0 Å². The Hall–Kier alpha value is -1.77. The first-order chi connectivity index (χ1) is 12.0. The second-order valence-electron chi connectivity index (χ2n) is 5.32. The molecule has 25 heavy (non-hydrogen) atoms. The fourth-order valence-electron chi connectivity index (χ4n) is 2.47. The maximum atomic E-state index is 13.0. The standard InChI is InChI=1S/C16H16ClNO5S2/c17-6-5-15(19)18-9-14(25(20,21)16-2-1-7-24-16)11-3-4-12-13(8-11)23-10-22-12/h1-4,7-8,14H,5-6,9-10H2,(H,18,19)/t14-/m1/s1. The number of rotatable bonds is 7. The maximum Gasteiger partial charge on any atom is 0.231 e. The lowest BCUT2D eigenvalue weighted by atomic mass is 10.1. The van der Waals surface area contributed by atoms with Crippen LogP contribution in [0.3, 0.4) is 0 Å². The number of sulfone groups is 1. The Labute approximate surface area is 154 Å². The molecule has 0 unspecified atom stereocenters. The predicted molar refractivity (Wildman–Crippen MR) is 95.2 cm³/mol. The number of hydrogen-bond acceptors (Lipinski definition) is 6. The fourth-order valence-corrected chi connectivity index (χ4v) is 5.49. The second kappa shape index (κ2) is 7.63. The van der Waals surface area contributed by atoms with Crippen molar-refractivity contribution in [3.05, 3.63) is 41.3 Å². The Bertz CT molecular complexity index is 851. The molecule has 1 aliphatic rings. The highest BCUT2D eigenvalue weighted by Gasteiger charge is 2.31. The molecule has 0 saturated carbocycles. The Kier molecular flexibility index (Phi) is 5.51. The van der Waals surface area contributed by atoms with Crippen LogP contribution >= 0.6 is 22.9 Å². The number of alkyl halides is 1. The summed E-state index contributed by atoms with van der Waals surface area (Å²) in [7, 11) is -3.66. The zero-order valence-electron chi connectivity index (χ0n) is 13.1. The van der Waals surface area contributed by atoms with Crippen LogP contribution in [0.2, 0.25) is 0 Å². The average Bonchev–Trinajstić information content (AvgIpc) is 3.26. The molecule has 9 heteroatoms. The van der Waals surface area contributed by atoms with E-state index in [1.165, 1.54) is 0 Å². The molecule has 2 heterocycles. The van der Waals surface area contributed by atoms with Crippen molar-refractivity contribution >= 4 is 38.7 Å². The van der Waals surface area contributed by atoms with Crippen LogP contribution < -0.4 is 14.8 Å². The fraction of sp³-hybridized carbons (Fsp3) is 0.312. The van der Waals surface area contributed by atoms with Gasteiger partial charge in [0.25, 0.3) is 0 Å². The molecule has 0 radical (unpaired) electrons. The lowest BCUT2D eigenvalue weighted by Gasteiger charge is -2.18. The molecule has 3 rings (SSSR count). The number of hydrogen-bond donors (Lipinski definition) is 1. The van der Waals surface area contributed by atoms with E-state index in [-0.39, 0.29) is 35.8 Å². The van der Waals surface area contributed by atoms with Gasteiger partial charge in [-0.15, -0.1) is 22.9 Å². The lowest BCUT2D eigenvalue weighted by molar-refractivity contribution is -0.120. The Morgan fingerprint density at radius 1 is 1.28 bits per heavy atom. The van der Waals surface area contributed by atoms with Gasteiger partial charge in [-0.3, -0.25) is 4.79 Å². The Morgan fingerprint density at radius 3 is 2.80 bits per heavy atom. The molecule has 1 aromatic carbocycles. The van der Waals surface area contributed by atoms with E-state index in [2.05, 4.69) is 5.32 Å². The van der Waals surface area contributed by atoms with Crippen molar-refractivity contribution in [3.8, 4) is 11.5 Å². The molecule has 2 aromatic rings. The highest BCUT2D eigenvalue weighted by molar-refractivity contribution is 7.93. The third-order valence-corrected chi connectivity index (χ3v) is 7.45. The van der Waals surface area contributed by atoms with Crippen molar-refractivity contribution < 1.29 is 22.7 Å². The summed E-state index contributed by atoms with van der Waals surface area (Å²) in [6.07, 6.45) is 0.133. The summed E-state index contributed by atoms with van der Waals surface area (Å²) in [6, 6.07) is 8.24. The van der Waals surface area contributed by atoms with Crippen LogP contribution in [0, 0.1) is 0 Å². The summed E-state index contributed by atoms with van der Waals surface area (Å²) < 4.78 is 36.9. The van der Waals surface area contributed by atoms with Gasteiger partial charge in [0.1, 0.15) is 9.46 Å². The topological polar surface area (TPSA) is 81.7 Å². The van der Waals surface area contributed by atoms with Crippen LogP contribution in [0.25, 0.3) is 0 Å². The zero-order chi connectivity index (χ0) is 17.9. The Morgan fingerprint density at radius 2 is 2.08 bits per heavy atom. The summed E-state index contributed by atoms with van der Waals surface area (Å²) >= 11 is 6.70. The van der Waals surface area contributed by atoms with Gasteiger partial charge in [0.2, 0.25) is 12.7 Å². The maximum absolute atomic E-state index is 13.0. The Balaban J connectivity index is 1.93. The smallest absolute Gasteiger partial charge is 0.231 e. The van der Waals surface area contributed by atoms with E-state index in [9.17, 15) is 13.2 Å². The van der Waals surface area contributed by atoms with Crippen molar-refractivity contribution in [2.75, 3.05) is 19.2 Å². The number of nitrogens with one attached hydrogen (secondary N) is 1. The summed E-state index contributed by atoms with van der Waals surface area (Å²) in [4.78, 5) is 11.7. The van der Waals surface area contributed by atoms with Crippen molar-refractivity contribution in [3.63, 3.8) is 0 Å². The molecule has 1 amide bonds. The molecule has 6 nitrogen and oxygen atoms in total. The lowest BCUT2D eigenvalue weighted by Crippen LogP contribution is -2.31. The van der Waals surface area contributed by atoms with Gasteiger partial charge < -0.3 is 14.8 Å². The van der Waals surface area contributed by atoms with E-state index in [4.69, 9.17) is 21.1 Å². The highest BCUT2D eigenvalue weighted by Crippen LogP contribution is 2.38. The number of benzene rings is 1. The van der Waals surface area contributed by atoms with Gasteiger partial charge in [0.15, 0.2) is 21.3 Å². The average molecular weight is 402 g/mol. The van der Waals surface area contributed by atoms with E-state index in [1.807, 2.05) is 0 Å². The minimum absolute atomic E-state index is 0.0460. The number of fused-ring (bicyclic) bond motifs is 1. The first-order valence-corrected chi connectivity index (χ1v) is 10.5. The number of halogens is 1. The molecule has 0 spiro atoms. The summed E-state index contributed by atoms with van der Waals surface area (Å²) in [6.45, 7) is 0.0587. The summed E-state index contributed by atoms with van der Waals surface area (Å²) in [5, 5.41) is 3.42. The number of thiophene rings is 1. The van der Waals surface area contributed by atoms with Crippen LogP contribution in [0.1, 0.15) is 17.2 Å². The van der Waals surface area contributed by atoms with Gasteiger partial charge in [0, 0.05) is 18.8 Å². The van der Waals surface area contributed by atoms with E-state index in [0.717, 1.165) is 11.3 Å². The van der Waals surface area contributed by atoms with Gasteiger partial charge in [-0.2, -0.15) is 0 Å². The molecule has 1 N–H and O–H groups in total. The molecule has 1 aromatic heterocycles. The van der Waals surface area contributed by atoms with Crippen molar-refractivity contribution in [1.82, 2.24) is 5.32 Å². The third-order valence-electron chi connectivity index (χ3n) is 3.72. The predicted octanol–water partition coefficient (Wildman–Crippen LogP) is 2.74. The first kappa shape index (κ1) is 18.0. The van der Waals surface area contributed by atoms with Crippen LogP contribution in [-0.2, 0) is 14.6 Å². The first-order valence-electron chi connectivity index (χ1n) is 7.52. The third kappa shape index (κ3) is 3.91. The van der Waals surface area contributed by atoms with Gasteiger partial charge in [-0.1, -0.05) is 12.1 Å². The number of carbonyl (C=O) groups excluding carboxylic acids is 1. The minimum Gasteiger partial charge on any atom is -0.454 e. The number of amides is 1. The highest BCUT2D eigenvalue weighted by atomic mass is 35.5. The largest absolute Gasteiger partial charge is 0.454 e. The van der Waals surface area contributed by atoms with Gasteiger partial charge in [0.05, 0.1) is 0 Å². The van der Waals surface area contributed by atoms with Crippen LogP contribution in [-0.4, -0.2) is 33.5 Å². The molecule has 1 aliphatic heterocycles. The number of carbonyl (C=O) groups is 1. The van der Waals surface area contributed by atoms with Crippen molar-refractivity contribution in [2.45, 2.75) is 15.9 Å². The van der Waals surface area contributed by atoms with Crippen LogP contribution in [0.4, 0.5) is 0 Å². The monoisotopic (exact) mass is 401 g/mol. The van der Waals surface area contributed by atoms with E-state index in [0.29, 0.717) is 17.1 Å². The van der Waals surface area contributed by atoms with Gasteiger partial charge in [-0.25, -0.2) is 8.42 Å². The normalized spacial score (nSPS) is 14.3. The molecule has 0 saturated heterocycles. The molecule has 0 fully saturated rings. The SMILES string of the molecule is O=C(CCCl)NC[C@H](c1ccc2c(c1)OCO2)S(=O)(=O)c1cccs1. The minimum atomic E-state index is -3.66. The second-order valence-corrected chi connectivity index (χ2v) is 9.00. The quantitative estimate of drug-likeness (QED) is 0.721. The molecular weight excluding hydrogens is 386 g/mol. The number of ether oxygens (including phenoxy) is 2. The molecule has 0 bridgehead atoms. The van der Waals surface area contributed by atoms with E-state index >= 15 is 0 Å². The van der Waals surface area contributed by atoms with Gasteiger partial charge >= 0.3 is 0 Å². The summed E-state index contributed by atoms with van der Waals surface area (Å²) in [5.74, 6) is 0.957. The molecule has 134 valence electrons. The van der Waals surface area contributed by atoms with E-state index < -0.39 is 15.1 Å². The van der Waals surface area contributed by atoms with Crippen molar-refractivity contribution in [2.24, 2.45) is 0 Å². The summed E-state index contributed by atoms with van der Waals surface area (Å²) in [5.41, 5.74) is 0.531. The molecule has 0 aliphatic carbocycles.